The van der Waals surface area contributed by atoms with Gasteiger partial charge in [0.25, 0.3) is 0 Å². The van der Waals surface area contributed by atoms with Gasteiger partial charge < -0.3 is 0 Å². The van der Waals surface area contributed by atoms with Crippen molar-refractivity contribution in [1.82, 2.24) is 0 Å². The predicted octanol–water partition coefficient (Wildman–Crippen LogP) is 4.17. The second-order valence-electron chi connectivity index (χ2n) is 3.31. The third-order valence-electron chi connectivity index (χ3n) is 2.11. The van der Waals surface area contributed by atoms with Gasteiger partial charge in [0.2, 0.25) is 0 Å². The molecule has 0 spiro atoms. The first kappa shape index (κ1) is 11.1. The maximum Gasteiger partial charge on any atom is 0.0147 e. The van der Waals surface area contributed by atoms with Crippen molar-refractivity contribution in [3.05, 3.63) is 48.6 Å². The fourth-order valence-electron chi connectivity index (χ4n) is 1.38. The van der Waals surface area contributed by atoms with E-state index in [-0.39, 0.29) is 0 Å². The van der Waals surface area contributed by atoms with E-state index < -0.39 is 0 Å². The van der Waals surface area contributed by atoms with E-state index in [1.807, 2.05) is 13.0 Å². The lowest BCUT2D eigenvalue weighted by molar-refractivity contribution is 1.22. The minimum atomic E-state index is 0.935. The van der Waals surface area contributed by atoms with Crippen molar-refractivity contribution in [3.8, 4) is 0 Å². The number of benzene rings is 1. The highest BCUT2D eigenvalue weighted by Gasteiger charge is 2.02. The molecule has 0 aliphatic heterocycles. The lowest BCUT2D eigenvalue weighted by Gasteiger charge is -2.08. The maximum absolute atomic E-state index is 3.98. The number of hydrogen-bond acceptors (Lipinski definition) is 1. The Morgan fingerprint density at radius 2 is 2.21 bits per heavy atom. The highest BCUT2D eigenvalue weighted by molar-refractivity contribution is 7.98. The Balaban J connectivity index is 3.10. The van der Waals surface area contributed by atoms with Crippen LogP contribution in [0.2, 0.25) is 0 Å². The smallest absolute Gasteiger partial charge is 0.0147 e. The summed E-state index contributed by atoms with van der Waals surface area (Å²) in [6.45, 7) is 9.76. The summed E-state index contributed by atoms with van der Waals surface area (Å²) in [5.74, 6) is 0. The average Bonchev–Trinajstić information content (AvgIpc) is 2.17. The Kier molecular flexibility index (Phi) is 4.02. The first-order valence-corrected chi connectivity index (χ1v) is 5.85. The van der Waals surface area contributed by atoms with Crippen LogP contribution in [0.3, 0.4) is 0 Å². The predicted molar refractivity (Wildman–Crippen MR) is 66.8 cm³/mol. The number of allylic oxidation sites excluding steroid dienone is 2. The van der Waals surface area contributed by atoms with Crippen molar-refractivity contribution in [2.24, 2.45) is 0 Å². The van der Waals surface area contributed by atoms with E-state index in [1.54, 1.807) is 11.8 Å². The highest BCUT2D eigenvalue weighted by Crippen LogP contribution is 2.26. The van der Waals surface area contributed by atoms with Gasteiger partial charge in [0, 0.05) is 4.90 Å². The zero-order valence-corrected chi connectivity index (χ0v) is 9.66. The first-order chi connectivity index (χ1) is 6.69. The molecule has 0 nitrogen and oxygen atoms in total. The third-order valence-corrected chi connectivity index (χ3v) is 2.88. The van der Waals surface area contributed by atoms with Crippen LogP contribution in [0, 0.1) is 0 Å². The molecule has 0 saturated carbocycles. The van der Waals surface area contributed by atoms with Gasteiger partial charge in [0.05, 0.1) is 0 Å². The van der Waals surface area contributed by atoms with Crippen molar-refractivity contribution in [2.75, 3.05) is 6.26 Å². The molecule has 0 atom stereocenters. The quantitative estimate of drug-likeness (QED) is 0.524. The topological polar surface area (TPSA) is 0 Å². The van der Waals surface area contributed by atoms with E-state index >= 15 is 0 Å². The summed E-state index contributed by atoms with van der Waals surface area (Å²) < 4.78 is 0. The van der Waals surface area contributed by atoms with Crippen LogP contribution in [0.25, 0.3) is 5.57 Å². The zero-order valence-electron chi connectivity index (χ0n) is 8.84. The molecule has 0 radical (unpaired) electrons. The molecule has 14 heavy (non-hydrogen) atoms. The molecule has 1 rings (SSSR count). The molecule has 1 aromatic carbocycles. The summed E-state index contributed by atoms with van der Waals surface area (Å²) >= 11 is 1.77. The highest BCUT2D eigenvalue weighted by atomic mass is 32.2. The van der Waals surface area contributed by atoms with Gasteiger partial charge in [-0.3, -0.25) is 0 Å². The molecule has 74 valence electrons. The molecule has 0 aliphatic carbocycles. The Labute approximate surface area is 90.7 Å². The van der Waals surface area contributed by atoms with Crippen LogP contribution in [-0.2, 0) is 6.42 Å². The van der Waals surface area contributed by atoms with E-state index in [9.17, 15) is 0 Å². The SMILES string of the molecule is C=CCc1ccc(C(=C)C)c(SC)c1. The molecule has 0 fully saturated rings. The Morgan fingerprint density at radius 1 is 1.50 bits per heavy atom. The van der Waals surface area contributed by atoms with Crippen molar-refractivity contribution < 1.29 is 0 Å². The van der Waals surface area contributed by atoms with Crippen molar-refractivity contribution >= 4 is 17.3 Å². The molecule has 0 bridgehead atoms. The van der Waals surface area contributed by atoms with Gasteiger partial charge in [0.15, 0.2) is 0 Å². The normalized spacial score (nSPS) is 9.86. The molecule has 0 heterocycles. The summed E-state index contributed by atoms with van der Waals surface area (Å²) in [7, 11) is 0. The number of rotatable bonds is 4. The van der Waals surface area contributed by atoms with Crippen LogP contribution in [0.15, 0.2) is 42.3 Å². The molecular weight excluding hydrogens is 188 g/mol. The van der Waals surface area contributed by atoms with Crippen LogP contribution in [0.5, 0.6) is 0 Å². The standard InChI is InChI=1S/C13H16S/c1-5-6-11-7-8-12(10(2)3)13(9-11)14-4/h5,7-9H,1-2,6H2,3-4H3. The molecule has 0 amide bonds. The van der Waals surface area contributed by atoms with Gasteiger partial charge in [-0.1, -0.05) is 24.8 Å². The van der Waals surface area contributed by atoms with Crippen molar-refractivity contribution in [3.63, 3.8) is 0 Å². The second kappa shape index (κ2) is 5.06. The van der Waals surface area contributed by atoms with Gasteiger partial charge in [-0.05, 0) is 42.4 Å². The fraction of sp³-hybridized carbons (Fsp3) is 0.231. The molecule has 1 aromatic rings. The van der Waals surface area contributed by atoms with Gasteiger partial charge in [-0.15, -0.1) is 18.3 Å². The van der Waals surface area contributed by atoms with E-state index in [2.05, 4.69) is 37.6 Å². The molecule has 0 aromatic heterocycles. The third kappa shape index (κ3) is 2.52. The van der Waals surface area contributed by atoms with Gasteiger partial charge >= 0.3 is 0 Å². The van der Waals surface area contributed by atoms with E-state index in [4.69, 9.17) is 0 Å². The van der Waals surface area contributed by atoms with Gasteiger partial charge in [-0.2, -0.15) is 0 Å². The summed E-state index contributed by atoms with van der Waals surface area (Å²) in [6.07, 6.45) is 4.96. The zero-order chi connectivity index (χ0) is 10.6. The molecule has 0 unspecified atom stereocenters. The summed E-state index contributed by atoms with van der Waals surface area (Å²) in [4.78, 5) is 1.30. The second-order valence-corrected chi connectivity index (χ2v) is 4.16. The van der Waals surface area contributed by atoms with Crippen LogP contribution < -0.4 is 0 Å². The molecule has 0 saturated heterocycles. The lowest BCUT2D eigenvalue weighted by atomic mass is 10.1. The van der Waals surface area contributed by atoms with E-state index in [0.29, 0.717) is 0 Å². The van der Waals surface area contributed by atoms with Gasteiger partial charge in [-0.25, -0.2) is 0 Å². The van der Waals surface area contributed by atoms with E-state index in [1.165, 1.54) is 16.0 Å². The summed E-state index contributed by atoms with van der Waals surface area (Å²) in [5, 5.41) is 0. The average molecular weight is 204 g/mol. The number of thioether (sulfide) groups is 1. The monoisotopic (exact) mass is 204 g/mol. The van der Waals surface area contributed by atoms with Crippen molar-refractivity contribution in [2.45, 2.75) is 18.2 Å². The molecule has 0 N–H and O–H groups in total. The minimum Gasteiger partial charge on any atom is -0.129 e. The fourth-order valence-corrected chi connectivity index (χ4v) is 2.11. The minimum absolute atomic E-state index is 0.935. The van der Waals surface area contributed by atoms with Crippen LogP contribution in [-0.4, -0.2) is 6.26 Å². The molecule has 1 heteroatoms. The number of hydrogen-bond donors (Lipinski definition) is 0. The van der Waals surface area contributed by atoms with Crippen LogP contribution in [0.4, 0.5) is 0 Å². The lowest BCUT2D eigenvalue weighted by Crippen LogP contribution is -1.87. The molecule has 0 aliphatic rings. The van der Waals surface area contributed by atoms with Crippen molar-refractivity contribution in [1.29, 1.82) is 0 Å². The largest absolute Gasteiger partial charge is 0.129 e. The Morgan fingerprint density at radius 3 is 2.71 bits per heavy atom. The Bertz CT molecular complexity index is 350. The maximum atomic E-state index is 3.98. The summed E-state index contributed by atoms with van der Waals surface area (Å²) in [6, 6.07) is 6.51. The van der Waals surface area contributed by atoms with Crippen LogP contribution in [0.1, 0.15) is 18.1 Å². The first-order valence-electron chi connectivity index (χ1n) is 4.62. The van der Waals surface area contributed by atoms with E-state index in [0.717, 1.165) is 12.0 Å². The molecular formula is C13H16S. The van der Waals surface area contributed by atoms with Crippen LogP contribution >= 0.6 is 11.8 Å². The summed E-state index contributed by atoms with van der Waals surface area (Å²) in [5.41, 5.74) is 3.69. The Hall–Kier alpha value is -0.950. The van der Waals surface area contributed by atoms with Gasteiger partial charge in [0.1, 0.15) is 0 Å².